The zero-order valence-corrected chi connectivity index (χ0v) is 19.8. The summed E-state index contributed by atoms with van der Waals surface area (Å²) in [5.74, 6) is 0.365. The van der Waals surface area contributed by atoms with Gasteiger partial charge >= 0.3 is 0 Å². The minimum Gasteiger partial charge on any atom is -0.494 e. The topological polar surface area (TPSA) is 97.4 Å². The van der Waals surface area contributed by atoms with E-state index >= 15 is 0 Å². The average Bonchev–Trinajstić information content (AvgIpc) is 3.19. The van der Waals surface area contributed by atoms with Crippen LogP contribution in [0.5, 0.6) is 5.75 Å². The van der Waals surface area contributed by atoms with Crippen LogP contribution in [0.25, 0.3) is 0 Å². The lowest BCUT2D eigenvalue weighted by atomic mass is 10.2. The Bertz CT molecular complexity index is 1140. The number of carbonyl (C=O) groups is 1. The molecule has 0 atom stereocenters. The molecular formula is C23H27N3O4S2. The lowest BCUT2D eigenvalue weighted by molar-refractivity contribution is 0.0953. The van der Waals surface area contributed by atoms with Gasteiger partial charge in [0.1, 0.15) is 5.75 Å². The molecule has 0 aliphatic heterocycles. The number of unbranched alkanes of at least 4 members (excludes halogenated alkanes) is 1. The predicted octanol–water partition coefficient (Wildman–Crippen LogP) is 4.40. The number of nitrogens with one attached hydrogen (secondary N) is 2. The zero-order valence-electron chi connectivity index (χ0n) is 18.1. The fraction of sp³-hybridized carbons (Fsp3) is 0.304. The highest BCUT2D eigenvalue weighted by Gasteiger charge is 2.15. The number of benzene rings is 2. The number of nitrogens with zero attached hydrogens (tertiary/aromatic N) is 1. The van der Waals surface area contributed by atoms with Gasteiger partial charge in [-0.2, -0.15) is 0 Å². The fourth-order valence-corrected chi connectivity index (χ4v) is 4.91. The first-order valence-corrected chi connectivity index (χ1v) is 12.8. The second-order valence-corrected chi connectivity index (χ2v) is 9.81. The number of hydrogen-bond acceptors (Lipinski definition) is 6. The molecule has 0 fully saturated rings. The Hall–Kier alpha value is -2.91. The van der Waals surface area contributed by atoms with Gasteiger partial charge in [0.05, 0.1) is 16.5 Å². The lowest BCUT2D eigenvalue weighted by Crippen LogP contribution is -2.24. The van der Waals surface area contributed by atoms with Crippen molar-refractivity contribution < 1.29 is 17.9 Å². The minimum atomic E-state index is -3.78. The first kappa shape index (κ1) is 23.7. The summed E-state index contributed by atoms with van der Waals surface area (Å²) in [4.78, 5) is 17.0. The summed E-state index contributed by atoms with van der Waals surface area (Å²) in [5, 5.41) is 6.03. The highest BCUT2D eigenvalue weighted by Crippen LogP contribution is 2.20. The molecule has 0 aliphatic rings. The number of thiazole rings is 1. The maximum absolute atomic E-state index is 12.7. The van der Waals surface area contributed by atoms with Crippen LogP contribution in [-0.2, 0) is 16.4 Å². The van der Waals surface area contributed by atoms with E-state index < -0.39 is 10.0 Å². The summed E-state index contributed by atoms with van der Waals surface area (Å²) in [6, 6.07) is 12.6. The Balaban J connectivity index is 1.52. The molecule has 0 bridgehead atoms. The highest BCUT2D eigenvalue weighted by molar-refractivity contribution is 7.92. The number of aromatic nitrogens is 1. The van der Waals surface area contributed by atoms with Crippen molar-refractivity contribution in [3.8, 4) is 5.75 Å². The van der Waals surface area contributed by atoms with Crippen molar-refractivity contribution in [1.29, 1.82) is 0 Å². The molecule has 7 nitrogen and oxygen atoms in total. The number of sulfonamides is 1. The van der Waals surface area contributed by atoms with Gasteiger partial charge in [0.25, 0.3) is 15.9 Å². The number of aryl methyl sites for hydroxylation is 2. The van der Waals surface area contributed by atoms with Gasteiger partial charge in [0.2, 0.25) is 0 Å². The maximum atomic E-state index is 12.7. The quantitative estimate of drug-likeness (QED) is 0.402. The molecule has 1 amide bonds. The Morgan fingerprint density at radius 1 is 1.12 bits per heavy atom. The van der Waals surface area contributed by atoms with Crippen LogP contribution < -0.4 is 14.8 Å². The Kier molecular flexibility index (Phi) is 8.24. The van der Waals surface area contributed by atoms with Crippen LogP contribution >= 0.6 is 11.3 Å². The number of anilines is 1. The predicted molar refractivity (Wildman–Crippen MR) is 127 cm³/mol. The first-order valence-electron chi connectivity index (χ1n) is 10.4. The summed E-state index contributed by atoms with van der Waals surface area (Å²) in [6.07, 6.45) is 2.68. The standard InChI is InChI=1S/C23H27N3O4S2/c1-3-30-20-10-12-21(13-11-20)32(28,29)26-19-8-6-7-18(15-19)23(27)24-14-5-4-9-22-25-17(2)16-31-22/h6-8,10-13,15-16,26H,3-5,9,14H2,1-2H3,(H,24,27). The number of rotatable bonds is 11. The third-order valence-electron chi connectivity index (χ3n) is 4.59. The van der Waals surface area contributed by atoms with Crippen LogP contribution in [0.4, 0.5) is 5.69 Å². The number of carbonyl (C=O) groups excluding carboxylic acids is 1. The van der Waals surface area contributed by atoms with Crippen molar-refractivity contribution in [2.24, 2.45) is 0 Å². The van der Waals surface area contributed by atoms with Gasteiger partial charge in [-0.15, -0.1) is 11.3 Å². The van der Waals surface area contributed by atoms with Crippen molar-refractivity contribution in [3.63, 3.8) is 0 Å². The maximum Gasteiger partial charge on any atom is 0.261 e. The summed E-state index contributed by atoms with van der Waals surface area (Å²) in [7, 11) is -3.78. The summed E-state index contributed by atoms with van der Waals surface area (Å²) >= 11 is 1.66. The van der Waals surface area contributed by atoms with E-state index in [2.05, 4.69) is 15.0 Å². The largest absolute Gasteiger partial charge is 0.494 e. The fourth-order valence-electron chi connectivity index (χ4n) is 3.04. The summed E-state index contributed by atoms with van der Waals surface area (Å²) in [5.41, 5.74) is 1.76. The van der Waals surface area contributed by atoms with Gasteiger partial charge in [0.15, 0.2) is 0 Å². The second kappa shape index (κ2) is 11.1. The molecule has 1 heterocycles. The minimum absolute atomic E-state index is 0.117. The molecule has 3 rings (SSSR count). The van der Waals surface area contributed by atoms with Crippen LogP contribution in [0.15, 0.2) is 58.8 Å². The summed E-state index contributed by atoms with van der Waals surface area (Å²) in [6.45, 7) is 4.89. The van der Waals surface area contributed by atoms with E-state index in [1.807, 2.05) is 19.2 Å². The number of ether oxygens (including phenoxy) is 1. The molecule has 1 aromatic heterocycles. The molecule has 3 aromatic rings. The second-order valence-electron chi connectivity index (χ2n) is 7.19. The van der Waals surface area contributed by atoms with Crippen molar-refractivity contribution in [2.75, 3.05) is 17.9 Å². The lowest BCUT2D eigenvalue weighted by Gasteiger charge is -2.11. The third kappa shape index (κ3) is 6.80. The van der Waals surface area contributed by atoms with Gasteiger partial charge in [-0.25, -0.2) is 13.4 Å². The molecule has 0 unspecified atom stereocenters. The molecule has 0 spiro atoms. The van der Waals surface area contributed by atoms with Crippen LogP contribution in [0.1, 0.15) is 40.8 Å². The molecule has 0 aliphatic carbocycles. The van der Waals surface area contributed by atoms with E-state index in [0.29, 0.717) is 30.2 Å². The third-order valence-corrected chi connectivity index (χ3v) is 7.02. The molecule has 32 heavy (non-hydrogen) atoms. The van der Waals surface area contributed by atoms with Gasteiger partial charge in [-0.3, -0.25) is 9.52 Å². The molecule has 0 saturated heterocycles. The average molecular weight is 474 g/mol. The van der Waals surface area contributed by atoms with E-state index in [4.69, 9.17) is 4.74 Å². The molecule has 2 aromatic carbocycles. The highest BCUT2D eigenvalue weighted by atomic mass is 32.2. The van der Waals surface area contributed by atoms with Crippen LogP contribution in [-0.4, -0.2) is 32.5 Å². The smallest absolute Gasteiger partial charge is 0.261 e. The molecule has 170 valence electrons. The van der Waals surface area contributed by atoms with E-state index in [1.165, 1.54) is 18.2 Å². The van der Waals surface area contributed by atoms with E-state index in [1.54, 1.807) is 41.7 Å². The van der Waals surface area contributed by atoms with Crippen LogP contribution in [0.2, 0.25) is 0 Å². The van der Waals surface area contributed by atoms with Gasteiger partial charge in [0, 0.05) is 28.9 Å². The number of hydrogen-bond donors (Lipinski definition) is 2. The molecule has 0 radical (unpaired) electrons. The SMILES string of the molecule is CCOc1ccc(S(=O)(=O)Nc2cccc(C(=O)NCCCCc3nc(C)cs3)c2)cc1. The van der Waals surface area contributed by atoms with Gasteiger partial charge in [-0.05, 0) is 75.6 Å². The van der Waals surface area contributed by atoms with Gasteiger partial charge < -0.3 is 10.1 Å². The first-order chi connectivity index (χ1) is 15.4. The van der Waals surface area contributed by atoms with Gasteiger partial charge in [-0.1, -0.05) is 6.07 Å². The Labute approximate surface area is 192 Å². The van der Waals surface area contributed by atoms with E-state index in [0.717, 1.165) is 30.0 Å². The van der Waals surface area contributed by atoms with E-state index in [-0.39, 0.29) is 10.8 Å². The van der Waals surface area contributed by atoms with Crippen molar-refractivity contribution in [3.05, 3.63) is 70.2 Å². The normalized spacial score (nSPS) is 11.2. The van der Waals surface area contributed by atoms with Crippen LogP contribution in [0, 0.1) is 6.92 Å². The Morgan fingerprint density at radius 2 is 1.91 bits per heavy atom. The molecular weight excluding hydrogens is 446 g/mol. The molecule has 2 N–H and O–H groups in total. The monoisotopic (exact) mass is 473 g/mol. The van der Waals surface area contributed by atoms with Crippen molar-refractivity contribution in [2.45, 2.75) is 38.0 Å². The van der Waals surface area contributed by atoms with Crippen molar-refractivity contribution in [1.82, 2.24) is 10.3 Å². The van der Waals surface area contributed by atoms with Crippen LogP contribution in [0.3, 0.4) is 0 Å². The Morgan fingerprint density at radius 3 is 2.59 bits per heavy atom. The molecule has 0 saturated carbocycles. The number of amides is 1. The van der Waals surface area contributed by atoms with E-state index in [9.17, 15) is 13.2 Å². The zero-order chi connectivity index (χ0) is 23.0. The summed E-state index contributed by atoms with van der Waals surface area (Å²) < 4.78 is 33.2. The van der Waals surface area contributed by atoms with Crippen molar-refractivity contribution >= 4 is 33.0 Å². The molecule has 9 heteroatoms.